The van der Waals surface area contributed by atoms with E-state index in [1.807, 2.05) is 60.7 Å². The number of methoxy groups -OCH3 is 1. The van der Waals surface area contributed by atoms with E-state index in [1.165, 1.54) is 29.7 Å². The number of esters is 1. The molecular formula is C28H26N2O3S. The van der Waals surface area contributed by atoms with Gasteiger partial charge in [-0.25, -0.2) is 9.78 Å². The lowest BCUT2D eigenvalue weighted by atomic mass is 9.96. The Kier molecular flexibility index (Phi) is 6.41. The standard InChI is InChI=1S/C28H26N2O3S/c1-33-28(32)25-20-14-7-2-3-8-16-24(20)34-27(25)30-26(31)21-17-23(18-11-5-4-6-12-18)29-22-15-10-9-13-19(21)22/h4-6,9-13,15,17H,2-3,7-8,14,16H2,1H3,(H,30,31). The number of para-hydroxylation sites is 1. The fourth-order valence-corrected chi connectivity index (χ4v) is 5.89. The molecule has 0 spiro atoms. The predicted octanol–water partition coefficient (Wildman–Crippen LogP) is 6.66. The van der Waals surface area contributed by atoms with Crippen LogP contribution in [0.2, 0.25) is 0 Å². The average molecular weight is 471 g/mol. The van der Waals surface area contributed by atoms with Crippen LogP contribution in [0.4, 0.5) is 5.00 Å². The van der Waals surface area contributed by atoms with Gasteiger partial charge in [-0.3, -0.25) is 4.79 Å². The number of aryl methyl sites for hydroxylation is 1. The zero-order valence-electron chi connectivity index (χ0n) is 19.1. The summed E-state index contributed by atoms with van der Waals surface area (Å²) in [5.74, 6) is -0.645. The smallest absolute Gasteiger partial charge is 0.341 e. The lowest BCUT2D eigenvalue weighted by Crippen LogP contribution is -2.15. The second-order valence-electron chi connectivity index (χ2n) is 8.51. The summed E-state index contributed by atoms with van der Waals surface area (Å²) in [7, 11) is 1.39. The third-order valence-corrected chi connectivity index (χ3v) is 7.53. The van der Waals surface area contributed by atoms with Crippen LogP contribution in [-0.2, 0) is 17.6 Å². The first kappa shape index (κ1) is 22.3. The number of carbonyl (C=O) groups excluding carboxylic acids is 2. The second kappa shape index (κ2) is 9.77. The molecule has 0 bridgehead atoms. The minimum absolute atomic E-state index is 0.254. The number of thiophene rings is 1. The van der Waals surface area contributed by atoms with Gasteiger partial charge in [0.25, 0.3) is 5.91 Å². The number of amides is 1. The van der Waals surface area contributed by atoms with Gasteiger partial charge < -0.3 is 10.1 Å². The van der Waals surface area contributed by atoms with E-state index in [9.17, 15) is 9.59 Å². The number of nitrogens with one attached hydrogen (secondary N) is 1. The van der Waals surface area contributed by atoms with Crippen molar-refractivity contribution >= 4 is 39.1 Å². The number of carbonyl (C=O) groups is 2. The van der Waals surface area contributed by atoms with E-state index in [-0.39, 0.29) is 5.91 Å². The topological polar surface area (TPSA) is 68.3 Å². The number of hydrogen-bond donors (Lipinski definition) is 1. The van der Waals surface area contributed by atoms with Crippen molar-refractivity contribution in [2.75, 3.05) is 12.4 Å². The van der Waals surface area contributed by atoms with Gasteiger partial charge in [0.1, 0.15) is 5.00 Å². The summed E-state index contributed by atoms with van der Waals surface area (Å²) in [5.41, 5.74) is 4.50. The van der Waals surface area contributed by atoms with Crippen LogP contribution >= 0.6 is 11.3 Å². The van der Waals surface area contributed by atoms with Crippen molar-refractivity contribution in [3.05, 3.63) is 82.2 Å². The number of rotatable bonds is 4. The van der Waals surface area contributed by atoms with Crippen molar-refractivity contribution in [1.29, 1.82) is 0 Å². The van der Waals surface area contributed by atoms with Crippen molar-refractivity contribution in [3.63, 3.8) is 0 Å². The first-order valence-corrected chi connectivity index (χ1v) is 12.5. The number of benzene rings is 2. The number of hydrogen-bond acceptors (Lipinski definition) is 5. The molecule has 0 saturated carbocycles. The van der Waals surface area contributed by atoms with Crippen molar-refractivity contribution in [2.45, 2.75) is 38.5 Å². The minimum Gasteiger partial charge on any atom is -0.465 e. The minimum atomic E-state index is -0.391. The number of anilines is 1. The van der Waals surface area contributed by atoms with Gasteiger partial charge >= 0.3 is 5.97 Å². The monoisotopic (exact) mass is 470 g/mol. The highest BCUT2D eigenvalue weighted by Gasteiger charge is 2.26. The highest BCUT2D eigenvalue weighted by atomic mass is 32.1. The maximum atomic E-state index is 13.6. The molecule has 6 heteroatoms. The highest BCUT2D eigenvalue weighted by Crippen LogP contribution is 2.38. The molecule has 1 aliphatic rings. The first-order chi connectivity index (χ1) is 16.7. The van der Waals surface area contributed by atoms with Crippen LogP contribution in [0, 0.1) is 0 Å². The second-order valence-corrected chi connectivity index (χ2v) is 9.61. The Morgan fingerprint density at radius 2 is 1.68 bits per heavy atom. The van der Waals surface area contributed by atoms with E-state index in [0.717, 1.165) is 59.8 Å². The van der Waals surface area contributed by atoms with Gasteiger partial charge in [0, 0.05) is 15.8 Å². The molecule has 172 valence electrons. The number of ether oxygens (including phenoxy) is 1. The molecule has 0 unspecified atom stereocenters. The molecular weight excluding hydrogens is 444 g/mol. The molecule has 2 heterocycles. The van der Waals surface area contributed by atoms with E-state index in [1.54, 1.807) is 0 Å². The van der Waals surface area contributed by atoms with E-state index >= 15 is 0 Å². The van der Waals surface area contributed by atoms with Crippen LogP contribution in [0.3, 0.4) is 0 Å². The van der Waals surface area contributed by atoms with Crippen LogP contribution in [0.25, 0.3) is 22.2 Å². The van der Waals surface area contributed by atoms with Crippen LogP contribution in [0.5, 0.6) is 0 Å². The lowest BCUT2D eigenvalue weighted by Gasteiger charge is -2.12. The zero-order valence-corrected chi connectivity index (χ0v) is 19.9. The SMILES string of the molecule is COC(=O)c1c(NC(=O)c2cc(-c3ccccc3)nc3ccccc23)sc2c1CCCCCC2. The fourth-order valence-electron chi connectivity index (χ4n) is 4.62. The maximum absolute atomic E-state index is 13.6. The van der Waals surface area contributed by atoms with Crippen molar-refractivity contribution in [2.24, 2.45) is 0 Å². The van der Waals surface area contributed by atoms with Gasteiger partial charge in [-0.15, -0.1) is 11.3 Å². The van der Waals surface area contributed by atoms with Crippen LogP contribution < -0.4 is 5.32 Å². The Morgan fingerprint density at radius 3 is 2.47 bits per heavy atom. The summed E-state index contributed by atoms with van der Waals surface area (Å²) in [6.45, 7) is 0. The summed E-state index contributed by atoms with van der Waals surface area (Å²) in [5, 5.41) is 4.41. The summed E-state index contributed by atoms with van der Waals surface area (Å²) >= 11 is 1.51. The summed E-state index contributed by atoms with van der Waals surface area (Å²) in [6.07, 6.45) is 6.24. The Balaban J connectivity index is 1.58. The first-order valence-electron chi connectivity index (χ1n) is 11.6. The molecule has 0 saturated heterocycles. The van der Waals surface area contributed by atoms with Gasteiger partial charge in [0.2, 0.25) is 0 Å². The van der Waals surface area contributed by atoms with Gasteiger partial charge in [-0.2, -0.15) is 0 Å². The van der Waals surface area contributed by atoms with E-state index in [0.29, 0.717) is 16.1 Å². The van der Waals surface area contributed by atoms with Gasteiger partial charge in [0.05, 0.1) is 29.4 Å². The maximum Gasteiger partial charge on any atom is 0.341 e. The van der Waals surface area contributed by atoms with Crippen LogP contribution in [0.1, 0.15) is 56.8 Å². The van der Waals surface area contributed by atoms with Crippen molar-refractivity contribution in [1.82, 2.24) is 4.98 Å². The molecule has 2 aromatic heterocycles. The highest BCUT2D eigenvalue weighted by molar-refractivity contribution is 7.17. The van der Waals surface area contributed by atoms with E-state index in [4.69, 9.17) is 9.72 Å². The number of fused-ring (bicyclic) bond motifs is 2. The van der Waals surface area contributed by atoms with Crippen LogP contribution in [0.15, 0.2) is 60.7 Å². The normalized spacial score (nSPS) is 13.6. The predicted molar refractivity (Wildman–Crippen MR) is 137 cm³/mol. The van der Waals surface area contributed by atoms with Gasteiger partial charge in [-0.05, 0) is 43.4 Å². The molecule has 0 radical (unpaired) electrons. The molecule has 5 nitrogen and oxygen atoms in total. The molecule has 1 N–H and O–H groups in total. The van der Waals surface area contributed by atoms with E-state index in [2.05, 4.69) is 5.32 Å². The third-order valence-electron chi connectivity index (χ3n) is 6.32. The molecule has 1 aliphatic carbocycles. The average Bonchev–Trinajstić information content (AvgIpc) is 3.18. The number of aromatic nitrogens is 1. The van der Waals surface area contributed by atoms with Crippen molar-refractivity contribution in [3.8, 4) is 11.3 Å². The van der Waals surface area contributed by atoms with Gasteiger partial charge in [-0.1, -0.05) is 61.4 Å². The zero-order chi connectivity index (χ0) is 23.5. The molecule has 0 atom stereocenters. The fraction of sp³-hybridized carbons (Fsp3) is 0.250. The molecule has 4 aromatic rings. The Labute approximate surface area is 202 Å². The van der Waals surface area contributed by atoms with E-state index < -0.39 is 5.97 Å². The largest absolute Gasteiger partial charge is 0.465 e. The molecule has 34 heavy (non-hydrogen) atoms. The Morgan fingerprint density at radius 1 is 0.941 bits per heavy atom. The molecule has 0 aliphatic heterocycles. The van der Waals surface area contributed by atoms with Crippen LogP contribution in [-0.4, -0.2) is 24.0 Å². The van der Waals surface area contributed by atoms with Crippen molar-refractivity contribution < 1.29 is 14.3 Å². The third kappa shape index (κ3) is 4.33. The summed E-state index contributed by atoms with van der Waals surface area (Å²) < 4.78 is 5.11. The quantitative estimate of drug-likeness (QED) is 0.339. The summed E-state index contributed by atoms with van der Waals surface area (Å²) in [6, 6.07) is 19.3. The molecule has 5 rings (SSSR count). The molecule has 1 amide bonds. The molecule has 0 fully saturated rings. The Hall–Kier alpha value is -3.51. The Bertz CT molecular complexity index is 1360. The number of pyridine rings is 1. The number of nitrogens with zero attached hydrogens (tertiary/aromatic N) is 1. The molecule has 2 aromatic carbocycles. The van der Waals surface area contributed by atoms with Gasteiger partial charge in [0.15, 0.2) is 0 Å². The summed E-state index contributed by atoms with van der Waals surface area (Å²) in [4.78, 5) is 32.4. The lowest BCUT2D eigenvalue weighted by molar-refractivity contribution is 0.0601.